The topological polar surface area (TPSA) is 108 Å². The van der Waals surface area contributed by atoms with Crippen molar-refractivity contribution in [2.75, 3.05) is 10.6 Å². The maximum Gasteiger partial charge on any atom is 0.324 e. The number of nitrogens with zero attached hydrogens (tertiary/aromatic N) is 1. The Morgan fingerprint density at radius 2 is 1.50 bits per heavy atom. The number of nitrogens with one attached hydrogen (secondary N) is 2. The highest BCUT2D eigenvalue weighted by molar-refractivity contribution is 5.99. The third kappa shape index (κ3) is 8.11. The zero-order chi connectivity index (χ0) is 28.3. The van der Waals surface area contributed by atoms with Gasteiger partial charge in [-0.15, -0.1) is 0 Å². The highest BCUT2D eigenvalue weighted by Crippen LogP contribution is 2.22. The van der Waals surface area contributed by atoms with Gasteiger partial charge in [-0.25, -0.2) is 9.78 Å². The third-order valence-corrected chi connectivity index (χ3v) is 6.68. The second kappa shape index (κ2) is 13.8. The summed E-state index contributed by atoms with van der Waals surface area (Å²) in [5, 5.41) is 15.2. The van der Waals surface area contributed by atoms with Crippen molar-refractivity contribution in [2.45, 2.75) is 39.0 Å². The van der Waals surface area contributed by atoms with Gasteiger partial charge in [-0.1, -0.05) is 80.1 Å². The van der Waals surface area contributed by atoms with Crippen LogP contribution in [0.1, 0.15) is 47.7 Å². The molecule has 0 saturated heterocycles. The molecule has 7 heteroatoms. The minimum atomic E-state index is -0.984. The van der Waals surface area contributed by atoms with Crippen LogP contribution in [-0.2, 0) is 17.6 Å². The zero-order valence-electron chi connectivity index (χ0n) is 22.5. The number of aryl methyl sites for hydroxylation is 1. The van der Waals surface area contributed by atoms with Gasteiger partial charge in [0.1, 0.15) is 5.82 Å². The number of pyridine rings is 1. The number of hydrogen-bond donors (Lipinski definition) is 3. The molecule has 0 radical (unpaired) electrons. The minimum absolute atomic E-state index is 0.0729. The summed E-state index contributed by atoms with van der Waals surface area (Å²) in [6.45, 7) is 2.16. The van der Waals surface area contributed by atoms with Gasteiger partial charge in [-0.05, 0) is 60.2 Å². The molecule has 1 atom stereocenters. The van der Waals surface area contributed by atoms with Crippen LogP contribution >= 0.6 is 0 Å². The number of urea groups is 1. The summed E-state index contributed by atoms with van der Waals surface area (Å²) in [6.07, 6.45) is 5.18. The smallest absolute Gasteiger partial charge is 0.324 e. The van der Waals surface area contributed by atoms with Crippen LogP contribution in [0.4, 0.5) is 16.3 Å². The predicted octanol–water partition coefficient (Wildman–Crippen LogP) is 7.25. The summed E-state index contributed by atoms with van der Waals surface area (Å²) in [4.78, 5) is 41.3. The van der Waals surface area contributed by atoms with Crippen molar-refractivity contribution in [1.82, 2.24) is 4.98 Å². The van der Waals surface area contributed by atoms with Crippen molar-refractivity contribution in [1.29, 1.82) is 0 Å². The van der Waals surface area contributed by atoms with E-state index in [1.54, 1.807) is 36.5 Å². The van der Waals surface area contributed by atoms with Crippen LogP contribution < -0.4 is 10.6 Å². The van der Waals surface area contributed by atoms with Gasteiger partial charge in [-0.3, -0.25) is 14.9 Å². The number of ketones is 1. The Kier molecular flexibility index (Phi) is 9.77. The lowest BCUT2D eigenvalue weighted by atomic mass is 9.92. The summed E-state index contributed by atoms with van der Waals surface area (Å²) in [7, 11) is 0. The van der Waals surface area contributed by atoms with Crippen molar-refractivity contribution in [3.8, 4) is 11.1 Å². The van der Waals surface area contributed by atoms with Crippen LogP contribution in [-0.4, -0.2) is 27.9 Å². The van der Waals surface area contributed by atoms with Gasteiger partial charge in [0.25, 0.3) is 0 Å². The summed E-state index contributed by atoms with van der Waals surface area (Å²) >= 11 is 0. The molecule has 0 aliphatic carbocycles. The van der Waals surface area contributed by atoms with Crippen molar-refractivity contribution in [3.63, 3.8) is 0 Å². The Labute approximate surface area is 234 Å². The van der Waals surface area contributed by atoms with Crippen molar-refractivity contribution in [3.05, 3.63) is 114 Å². The molecule has 1 heterocycles. The van der Waals surface area contributed by atoms with Crippen molar-refractivity contribution < 1.29 is 19.5 Å². The maximum atomic E-state index is 12.8. The number of anilines is 2. The zero-order valence-corrected chi connectivity index (χ0v) is 22.5. The van der Waals surface area contributed by atoms with E-state index < -0.39 is 11.9 Å². The van der Waals surface area contributed by atoms with Gasteiger partial charge >= 0.3 is 12.0 Å². The van der Waals surface area contributed by atoms with E-state index >= 15 is 0 Å². The number of carboxylic acids is 1. The third-order valence-electron chi connectivity index (χ3n) is 6.68. The van der Waals surface area contributed by atoms with Crippen LogP contribution in [0.25, 0.3) is 11.1 Å². The molecule has 1 unspecified atom stereocenters. The number of aliphatic carboxylic acids is 1. The van der Waals surface area contributed by atoms with Crippen LogP contribution in [0, 0.1) is 5.92 Å². The molecule has 2 amide bonds. The standard InChI is InChI=1S/C33H33N3O4/c1-2-3-7-23-10-17-29(18-11-23)35-33(40)36-31-19-16-27(22-34-31)25-12-14-26(15-13-25)30(37)21-28(32(38)39)20-24-8-5-4-6-9-24/h4-6,8-19,22,28H,2-3,7,20-21H2,1H3,(H,38,39)(H2,34,35,36,40). The number of hydrogen-bond acceptors (Lipinski definition) is 4. The van der Waals surface area contributed by atoms with Gasteiger partial charge in [-0.2, -0.15) is 0 Å². The van der Waals surface area contributed by atoms with E-state index in [0.29, 0.717) is 23.5 Å². The molecule has 3 N–H and O–H groups in total. The Bertz CT molecular complexity index is 1420. The maximum absolute atomic E-state index is 12.8. The number of benzene rings is 3. The summed E-state index contributed by atoms with van der Waals surface area (Å²) in [5.74, 6) is -1.58. The monoisotopic (exact) mass is 535 g/mol. The van der Waals surface area contributed by atoms with E-state index in [9.17, 15) is 19.5 Å². The van der Waals surface area contributed by atoms with E-state index in [2.05, 4.69) is 22.5 Å². The molecule has 204 valence electrons. The second-order valence-corrected chi connectivity index (χ2v) is 9.74. The first-order chi connectivity index (χ1) is 19.4. The van der Waals surface area contributed by atoms with E-state index in [-0.39, 0.29) is 18.2 Å². The average molecular weight is 536 g/mol. The first-order valence-corrected chi connectivity index (χ1v) is 13.4. The molecule has 0 aliphatic heterocycles. The molecular weight excluding hydrogens is 502 g/mol. The summed E-state index contributed by atoms with van der Waals surface area (Å²) < 4.78 is 0. The number of carbonyl (C=O) groups excluding carboxylic acids is 2. The van der Waals surface area contributed by atoms with E-state index in [1.165, 1.54) is 5.56 Å². The fourth-order valence-corrected chi connectivity index (χ4v) is 4.39. The molecule has 0 aliphatic rings. The quantitative estimate of drug-likeness (QED) is 0.166. The fraction of sp³-hybridized carbons (Fsp3) is 0.212. The summed E-state index contributed by atoms with van der Waals surface area (Å²) in [5.41, 5.74) is 4.97. The molecule has 7 nitrogen and oxygen atoms in total. The Hall–Kier alpha value is -4.78. The number of carbonyl (C=O) groups is 3. The Morgan fingerprint density at radius 1 is 0.800 bits per heavy atom. The molecule has 0 bridgehead atoms. The molecule has 0 spiro atoms. The van der Waals surface area contributed by atoms with Crippen LogP contribution in [0.3, 0.4) is 0 Å². The van der Waals surface area contributed by atoms with E-state index in [4.69, 9.17) is 0 Å². The average Bonchev–Trinajstić information content (AvgIpc) is 2.97. The minimum Gasteiger partial charge on any atom is -0.481 e. The molecule has 3 aromatic carbocycles. The molecule has 0 saturated carbocycles. The molecule has 1 aromatic heterocycles. The van der Waals surface area contributed by atoms with Crippen LogP contribution in [0.15, 0.2) is 97.2 Å². The lowest BCUT2D eigenvalue weighted by molar-refractivity contribution is -0.141. The number of Topliss-reactive ketones (excluding diaryl/α,β-unsaturated/α-hetero) is 1. The molecule has 4 aromatic rings. The first-order valence-electron chi connectivity index (χ1n) is 13.4. The summed E-state index contributed by atoms with van der Waals surface area (Å²) in [6, 6.07) is 27.3. The number of unbranched alkanes of at least 4 members (excludes halogenated alkanes) is 1. The van der Waals surface area contributed by atoms with Crippen molar-refractivity contribution >= 4 is 29.3 Å². The number of rotatable bonds is 12. The van der Waals surface area contributed by atoms with Gasteiger partial charge in [0, 0.05) is 29.4 Å². The Balaban J connectivity index is 1.31. The highest BCUT2D eigenvalue weighted by Gasteiger charge is 2.22. The van der Waals surface area contributed by atoms with Crippen LogP contribution in [0.2, 0.25) is 0 Å². The largest absolute Gasteiger partial charge is 0.481 e. The molecule has 0 fully saturated rings. The van der Waals surface area contributed by atoms with E-state index in [0.717, 1.165) is 36.0 Å². The second-order valence-electron chi connectivity index (χ2n) is 9.74. The first kappa shape index (κ1) is 28.2. The molecule has 4 rings (SSSR count). The van der Waals surface area contributed by atoms with E-state index in [1.807, 2.05) is 60.7 Å². The lowest BCUT2D eigenvalue weighted by Crippen LogP contribution is -2.20. The van der Waals surface area contributed by atoms with Gasteiger partial charge < -0.3 is 10.4 Å². The normalized spacial score (nSPS) is 11.4. The van der Waals surface area contributed by atoms with Gasteiger partial charge in [0.15, 0.2) is 5.78 Å². The van der Waals surface area contributed by atoms with Gasteiger partial charge in [0.2, 0.25) is 0 Å². The lowest BCUT2D eigenvalue weighted by Gasteiger charge is -2.12. The fourth-order valence-electron chi connectivity index (χ4n) is 4.39. The van der Waals surface area contributed by atoms with Crippen molar-refractivity contribution in [2.24, 2.45) is 5.92 Å². The highest BCUT2D eigenvalue weighted by atomic mass is 16.4. The Morgan fingerprint density at radius 3 is 2.12 bits per heavy atom. The number of carboxylic acid groups (broad SMARTS) is 1. The number of amides is 2. The number of aromatic nitrogens is 1. The molecular formula is C33H33N3O4. The SMILES string of the molecule is CCCCc1ccc(NC(=O)Nc2ccc(-c3ccc(C(=O)CC(Cc4ccccc4)C(=O)O)cc3)cn2)cc1. The predicted molar refractivity (Wildman–Crippen MR) is 158 cm³/mol. The van der Waals surface area contributed by atoms with Crippen LogP contribution in [0.5, 0.6) is 0 Å². The van der Waals surface area contributed by atoms with Gasteiger partial charge in [0.05, 0.1) is 5.92 Å². The molecule has 40 heavy (non-hydrogen) atoms.